The van der Waals surface area contributed by atoms with Gasteiger partial charge in [-0.1, -0.05) is 36.0 Å². The lowest BCUT2D eigenvalue weighted by atomic mass is 10.1. The van der Waals surface area contributed by atoms with Crippen LogP contribution in [0.1, 0.15) is 18.4 Å². The molecule has 7 nitrogen and oxygen atoms in total. The van der Waals surface area contributed by atoms with E-state index < -0.39 is 6.03 Å². The average Bonchev–Trinajstić information content (AvgIpc) is 2.85. The summed E-state index contributed by atoms with van der Waals surface area (Å²) in [6.07, 6.45) is 0.870. The van der Waals surface area contributed by atoms with Crippen LogP contribution >= 0.6 is 11.8 Å². The highest BCUT2D eigenvalue weighted by Gasteiger charge is 2.13. The maximum absolute atomic E-state index is 11.3. The highest BCUT2D eigenvalue weighted by Crippen LogP contribution is 2.25. The number of nitrogens with two attached hydrogens (primary N) is 1. The molecule has 122 valence electrons. The van der Waals surface area contributed by atoms with E-state index in [-0.39, 0.29) is 12.3 Å². The normalized spacial score (nSPS) is 10.5. The number of carbonyl (C=O) groups is 2. The molecule has 0 radical (unpaired) electrons. The first-order valence-electron chi connectivity index (χ1n) is 7.16. The molecule has 0 unspecified atom stereocenters. The first kappa shape index (κ1) is 17.0. The molecule has 23 heavy (non-hydrogen) atoms. The van der Waals surface area contributed by atoms with Crippen LogP contribution in [0.3, 0.4) is 0 Å². The van der Waals surface area contributed by atoms with Crippen molar-refractivity contribution in [2.75, 3.05) is 5.75 Å². The summed E-state index contributed by atoms with van der Waals surface area (Å²) < 4.78 is 1.94. The van der Waals surface area contributed by atoms with Crippen molar-refractivity contribution in [3.8, 4) is 11.4 Å². The van der Waals surface area contributed by atoms with Gasteiger partial charge in [-0.05, 0) is 18.9 Å². The predicted molar refractivity (Wildman–Crippen MR) is 88.9 cm³/mol. The summed E-state index contributed by atoms with van der Waals surface area (Å²) in [7, 11) is 1.92. The Hall–Kier alpha value is -2.35. The van der Waals surface area contributed by atoms with Crippen molar-refractivity contribution >= 4 is 23.7 Å². The van der Waals surface area contributed by atoms with Crippen molar-refractivity contribution in [1.82, 2.24) is 20.1 Å². The maximum Gasteiger partial charge on any atom is 0.318 e. The van der Waals surface area contributed by atoms with Gasteiger partial charge in [0.15, 0.2) is 11.0 Å². The number of imide groups is 1. The average molecular weight is 333 g/mol. The molecule has 0 bridgehead atoms. The number of carbonyl (C=O) groups excluding carboxylic acids is 2. The fourth-order valence-electron chi connectivity index (χ4n) is 2.10. The SMILES string of the molecule is Cc1ccccc1-c1nnc(SCCCC(=O)NC(N)=O)n1C. The summed E-state index contributed by atoms with van der Waals surface area (Å²) in [6, 6.07) is 7.19. The van der Waals surface area contributed by atoms with Crippen molar-refractivity contribution in [3.63, 3.8) is 0 Å². The predicted octanol–water partition coefficient (Wildman–Crippen LogP) is 1.86. The quantitative estimate of drug-likeness (QED) is 0.620. The lowest BCUT2D eigenvalue weighted by Crippen LogP contribution is -2.34. The van der Waals surface area contributed by atoms with Crippen molar-refractivity contribution in [1.29, 1.82) is 0 Å². The van der Waals surface area contributed by atoms with E-state index in [9.17, 15) is 9.59 Å². The minimum absolute atomic E-state index is 0.248. The van der Waals surface area contributed by atoms with E-state index in [4.69, 9.17) is 5.73 Å². The van der Waals surface area contributed by atoms with Crippen LogP contribution in [-0.4, -0.2) is 32.5 Å². The molecule has 2 rings (SSSR count). The smallest absolute Gasteiger partial charge is 0.318 e. The first-order chi connectivity index (χ1) is 11.0. The van der Waals surface area contributed by atoms with Gasteiger partial charge in [-0.15, -0.1) is 10.2 Å². The first-order valence-corrected chi connectivity index (χ1v) is 8.15. The number of hydrogen-bond donors (Lipinski definition) is 2. The molecule has 0 aliphatic heterocycles. The molecule has 0 atom stereocenters. The zero-order chi connectivity index (χ0) is 16.8. The zero-order valence-electron chi connectivity index (χ0n) is 13.1. The minimum Gasteiger partial charge on any atom is -0.351 e. The molecule has 0 saturated carbocycles. The number of nitrogens with one attached hydrogen (secondary N) is 1. The molecule has 1 aromatic carbocycles. The summed E-state index contributed by atoms with van der Waals surface area (Å²) in [5, 5.41) is 11.3. The van der Waals surface area contributed by atoms with Crippen LogP contribution in [-0.2, 0) is 11.8 Å². The third kappa shape index (κ3) is 4.56. The molecule has 0 fully saturated rings. The van der Waals surface area contributed by atoms with E-state index in [1.165, 1.54) is 11.8 Å². The molecule has 0 aliphatic carbocycles. The van der Waals surface area contributed by atoms with Gasteiger partial charge < -0.3 is 10.3 Å². The summed E-state index contributed by atoms with van der Waals surface area (Å²) in [6.45, 7) is 2.04. The second kappa shape index (κ2) is 7.77. The Morgan fingerprint density at radius 1 is 1.30 bits per heavy atom. The Balaban J connectivity index is 1.92. The van der Waals surface area contributed by atoms with Crippen LogP contribution in [0.15, 0.2) is 29.4 Å². The van der Waals surface area contributed by atoms with Crippen LogP contribution in [0.5, 0.6) is 0 Å². The Morgan fingerprint density at radius 2 is 2.04 bits per heavy atom. The van der Waals surface area contributed by atoms with Gasteiger partial charge in [-0.3, -0.25) is 10.1 Å². The largest absolute Gasteiger partial charge is 0.351 e. The number of primary amides is 1. The molecular formula is C15H19N5O2S. The molecule has 8 heteroatoms. The number of aryl methyl sites for hydroxylation is 1. The van der Waals surface area contributed by atoms with E-state index in [0.29, 0.717) is 12.2 Å². The monoisotopic (exact) mass is 333 g/mol. The fourth-order valence-corrected chi connectivity index (χ4v) is 2.94. The topological polar surface area (TPSA) is 103 Å². The maximum atomic E-state index is 11.3. The molecule has 2 aromatic rings. The third-order valence-corrected chi connectivity index (χ3v) is 4.37. The number of hydrogen-bond acceptors (Lipinski definition) is 5. The van der Waals surface area contributed by atoms with Gasteiger partial charge in [0.25, 0.3) is 0 Å². The Kier molecular flexibility index (Phi) is 5.75. The third-order valence-electron chi connectivity index (χ3n) is 3.26. The lowest BCUT2D eigenvalue weighted by Gasteiger charge is -2.06. The van der Waals surface area contributed by atoms with E-state index in [1.807, 2.05) is 48.1 Å². The van der Waals surface area contributed by atoms with E-state index in [2.05, 4.69) is 10.2 Å². The number of benzene rings is 1. The molecule has 0 aliphatic rings. The number of aromatic nitrogens is 3. The molecule has 0 spiro atoms. The van der Waals surface area contributed by atoms with E-state index in [0.717, 1.165) is 22.1 Å². The molecule has 1 aromatic heterocycles. The van der Waals surface area contributed by atoms with Gasteiger partial charge in [0, 0.05) is 24.8 Å². The van der Waals surface area contributed by atoms with Gasteiger partial charge in [-0.25, -0.2) is 4.79 Å². The number of rotatable bonds is 6. The van der Waals surface area contributed by atoms with Gasteiger partial charge in [0.1, 0.15) is 0 Å². The number of amides is 3. The van der Waals surface area contributed by atoms with Crippen LogP contribution in [0.2, 0.25) is 0 Å². The molecular weight excluding hydrogens is 314 g/mol. The second-order valence-electron chi connectivity index (χ2n) is 5.04. The summed E-state index contributed by atoms with van der Waals surface area (Å²) in [4.78, 5) is 21.8. The number of nitrogens with zero attached hydrogens (tertiary/aromatic N) is 3. The van der Waals surface area contributed by atoms with Crippen molar-refractivity contribution in [2.24, 2.45) is 12.8 Å². The van der Waals surface area contributed by atoms with Crippen LogP contribution in [0, 0.1) is 6.92 Å². The van der Waals surface area contributed by atoms with E-state index >= 15 is 0 Å². The number of thioether (sulfide) groups is 1. The van der Waals surface area contributed by atoms with Crippen LogP contribution in [0.25, 0.3) is 11.4 Å². The summed E-state index contributed by atoms with van der Waals surface area (Å²) in [5.74, 6) is 1.15. The molecule has 1 heterocycles. The Labute approximate surface area is 138 Å². The van der Waals surface area contributed by atoms with Gasteiger partial charge in [0.05, 0.1) is 0 Å². The number of urea groups is 1. The minimum atomic E-state index is -0.821. The fraction of sp³-hybridized carbons (Fsp3) is 0.333. The van der Waals surface area contributed by atoms with Crippen molar-refractivity contribution < 1.29 is 9.59 Å². The zero-order valence-corrected chi connectivity index (χ0v) is 13.9. The van der Waals surface area contributed by atoms with Gasteiger partial charge in [0.2, 0.25) is 5.91 Å². The summed E-state index contributed by atoms with van der Waals surface area (Å²) in [5.41, 5.74) is 7.07. The van der Waals surface area contributed by atoms with Crippen molar-refractivity contribution in [3.05, 3.63) is 29.8 Å². The summed E-state index contributed by atoms with van der Waals surface area (Å²) >= 11 is 1.52. The second-order valence-corrected chi connectivity index (χ2v) is 6.11. The lowest BCUT2D eigenvalue weighted by molar-refractivity contribution is -0.119. The van der Waals surface area contributed by atoms with E-state index in [1.54, 1.807) is 0 Å². The molecule has 0 saturated heterocycles. The van der Waals surface area contributed by atoms with Crippen LogP contribution < -0.4 is 11.1 Å². The Bertz CT molecular complexity index is 714. The molecule has 3 N–H and O–H groups in total. The molecule has 3 amide bonds. The van der Waals surface area contributed by atoms with Crippen LogP contribution in [0.4, 0.5) is 4.79 Å². The highest BCUT2D eigenvalue weighted by atomic mass is 32.2. The Morgan fingerprint density at radius 3 is 2.74 bits per heavy atom. The van der Waals surface area contributed by atoms with Gasteiger partial charge in [-0.2, -0.15) is 0 Å². The van der Waals surface area contributed by atoms with Crippen molar-refractivity contribution in [2.45, 2.75) is 24.9 Å². The standard InChI is InChI=1S/C15H19N5O2S/c1-10-6-3-4-7-11(10)13-18-19-15(20(13)2)23-9-5-8-12(21)17-14(16)22/h3-4,6-7H,5,8-9H2,1-2H3,(H3,16,17,21,22). The van der Waals surface area contributed by atoms with Gasteiger partial charge >= 0.3 is 6.03 Å². The highest BCUT2D eigenvalue weighted by molar-refractivity contribution is 7.99.